The molecule has 0 unspecified atom stereocenters. The van der Waals surface area contributed by atoms with E-state index in [0.717, 1.165) is 44.2 Å². The minimum absolute atomic E-state index is 0.0939. The van der Waals surface area contributed by atoms with Crippen molar-refractivity contribution in [2.45, 2.75) is 19.8 Å². The monoisotopic (exact) mass is 337 g/mol. The van der Waals surface area contributed by atoms with Crippen LogP contribution in [0.2, 0.25) is 5.02 Å². The third kappa shape index (κ3) is 6.20. The summed E-state index contributed by atoms with van der Waals surface area (Å²) in [5, 5.41) is 3.43. The van der Waals surface area contributed by atoms with E-state index < -0.39 is 0 Å². The van der Waals surface area contributed by atoms with Crippen molar-refractivity contribution in [3.05, 3.63) is 34.9 Å². The topological polar surface area (TPSA) is 52.7 Å². The van der Waals surface area contributed by atoms with Crippen LogP contribution in [0.3, 0.4) is 0 Å². The zero-order chi connectivity index (χ0) is 16.7. The molecule has 5 nitrogen and oxygen atoms in total. The van der Waals surface area contributed by atoms with E-state index in [-0.39, 0.29) is 11.8 Å². The number of carbonyl (C=O) groups is 2. The molecule has 2 rings (SSSR count). The minimum Gasteiger partial charge on any atom is -0.356 e. The van der Waals surface area contributed by atoms with Crippen LogP contribution in [0.5, 0.6) is 0 Å². The summed E-state index contributed by atoms with van der Waals surface area (Å²) in [4.78, 5) is 27.1. The lowest BCUT2D eigenvalue weighted by molar-refractivity contribution is -0.132. The maximum Gasteiger partial charge on any atom is 0.224 e. The van der Waals surface area contributed by atoms with Crippen LogP contribution in [-0.4, -0.2) is 60.9 Å². The van der Waals surface area contributed by atoms with Gasteiger partial charge in [-0.15, -0.1) is 0 Å². The summed E-state index contributed by atoms with van der Waals surface area (Å²) in [6.45, 7) is 6.17. The Bertz CT molecular complexity index is 542. The van der Waals surface area contributed by atoms with Gasteiger partial charge in [0.05, 0.1) is 0 Å². The average molecular weight is 338 g/mol. The van der Waals surface area contributed by atoms with Crippen LogP contribution in [-0.2, 0) is 16.0 Å². The first-order chi connectivity index (χ1) is 11.0. The van der Waals surface area contributed by atoms with Gasteiger partial charge in [-0.25, -0.2) is 0 Å². The largest absolute Gasteiger partial charge is 0.356 e. The third-order valence-electron chi connectivity index (χ3n) is 4.04. The molecule has 0 aromatic heterocycles. The van der Waals surface area contributed by atoms with E-state index in [2.05, 4.69) is 16.3 Å². The standard InChI is InChI=1S/C17H24ClN3O2/c1-14(22)19-7-5-17(23)21-11-9-20(10-12-21)8-6-15-3-2-4-16(18)13-15/h2-4,13H,5-12H2,1H3,(H,19,22). The molecular formula is C17H24ClN3O2. The molecular weight excluding hydrogens is 314 g/mol. The molecule has 1 aliphatic heterocycles. The first-order valence-corrected chi connectivity index (χ1v) is 8.41. The Labute approximate surface area is 142 Å². The van der Waals surface area contributed by atoms with Gasteiger partial charge < -0.3 is 10.2 Å². The van der Waals surface area contributed by atoms with Crippen molar-refractivity contribution in [2.75, 3.05) is 39.3 Å². The molecule has 0 aliphatic carbocycles. The molecule has 0 radical (unpaired) electrons. The molecule has 0 spiro atoms. The molecule has 1 fully saturated rings. The fourth-order valence-electron chi connectivity index (χ4n) is 2.70. The quantitative estimate of drug-likeness (QED) is 0.857. The minimum atomic E-state index is -0.0939. The van der Waals surface area contributed by atoms with E-state index in [1.165, 1.54) is 12.5 Å². The molecule has 0 bridgehead atoms. The average Bonchev–Trinajstić information content (AvgIpc) is 2.53. The van der Waals surface area contributed by atoms with Crippen molar-refractivity contribution in [1.82, 2.24) is 15.1 Å². The fraction of sp³-hybridized carbons (Fsp3) is 0.529. The highest BCUT2D eigenvalue weighted by Gasteiger charge is 2.20. The summed E-state index contributed by atoms with van der Waals surface area (Å²) >= 11 is 6.00. The van der Waals surface area contributed by atoms with Crippen LogP contribution in [0.4, 0.5) is 0 Å². The SMILES string of the molecule is CC(=O)NCCC(=O)N1CCN(CCc2cccc(Cl)c2)CC1. The maximum atomic E-state index is 12.0. The molecule has 1 saturated heterocycles. The van der Waals surface area contributed by atoms with E-state index in [0.29, 0.717) is 13.0 Å². The molecule has 126 valence electrons. The van der Waals surface area contributed by atoms with E-state index in [9.17, 15) is 9.59 Å². The predicted octanol–water partition coefficient (Wildman–Crippen LogP) is 1.55. The molecule has 6 heteroatoms. The van der Waals surface area contributed by atoms with Crippen LogP contribution in [0, 0.1) is 0 Å². The number of amides is 2. The van der Waals surface area contributed by atoms with Crippen LogP contribution in [0.15, 0.2) is 24.3 Å². The number of hydrogen-bond acceptors (Lipinski definition) is 3. The number of nitrogens with one attached hydrogen (secondary N) is 1. The molecule has 1 N–H and O–H groups in total. The van der Waals surface area contributed by atoms with Gasteiger partial charge in [-0.1, -0.05) is 23.7 Å². The molecule has 23 heavy (non-hydrogen) atoms. The second-order valence-corrected chi connectivity index (χ2v) is 6.27. The van der Waals surface area contributed by atoms with Gasteiger partial charge in [-0.3, -0.25) is 14.5 Å². The lowest BCUT2D eigenvalue weighted by Gasteiger charge is -2.34. The number of benzene rings is 1. The van der Waals surface area contributed by atoms with Crippen molar-refractivity contribution >= 4 is 23.4 Å². The number of carbonyl (C=O) groups excluding carboxylic acids is 2. The predicted molar refractivity (Wildman–Crippen MR) is 91.5 cm³/mol. The zero-order valence-corrected chi connectivity index (χ0v) is 14.3. The van der Waals surface area contributed by atoms with Crippen LogP contribution < -0.4 is 5.32 Å². The first-order valence-electron chi connectivity index (χ1n) is 8.03. The lowest BCUT2D eigenvalue weighted by Crippen LogP contribution is -2.49. The van der Waals surface area contributed by atoms with Crippen molar-refractivity contribution in [3.8, 4) is 0 Å². The van der Waals surface area contributed by atoms with Crippen molar-refractivity contribution < 1.29 is 9.59 Å². The molecule has 1 aliphatic rings. The second kappa shape index (κ2) is 8.89. The van der Waals surface area contributed by atoms with Crippen molar-refractivity contribution in [3.63, 3.8) is 0 Å². The van der Waals surface area contributed by atoms with Gasteiger partial charge >= 0.3 is 0 Å². The Balaban J connectivity index is 1.67. The Morgan fingerprint density at radius 2 is 1.96 bits per heavy atom. The van der Waals surface area contributed by atoms with E-state index >= 15 is 0 Å². The van der Waals surface area contributed by atoms with Crippen LogP contribution >= 0.6 is 11.6 Å². The first kappa shape index (κ1) is 17.8. The van der Waals surface area contributed by atoms with Gasteiger partial charge in [0.25, 0.3) is 0 Å². The van der Waals surface area contributed by atoms with Gasteiger partial charge in [-0.05, 0) is 24.1 Å². The molecule has 2 amide bonds. The van der Waals surface area contributed by atoms with Gasteiger partial charge in [0.2, 0.25) is 11.8 Å². The highest BCUT2D eigenvalue weighted by molar-refractivity contribution is 6.30. The summed E-state index contributed by atoms with van der Waals surface area (Å²) in [6.07, 6.45) is 1.35. The molecule has 1 heterocycles. The van der Waals surface area contributed by atoms with Crippen LogP contribution in [0.1, 0.15) is 18.9 Å². The number of hydrogen-bond donors (Lipinski definition) is 1. The zero-order valence-electron chi connectivity index (χ0n) is 13.6. The van der Waals surface area contributed by atoms with Gasteiger partial charge in [0.15, 0.2) is 0 Å². The van der Waals surface area contributed by atoms with E-state index in [1.807, 2.05) is 23.1 Å². The highest BCUT2D eigenvalue weighted by atomic mass is 35.5. The van der Waals surface area contributed by atoms with Gasteiger partial charge in [0.1, 0.15) is 0 Å². The normalized spacial score (nSPS) is 15.5. The summed E-state index contributed by atoms with van der Waals surface area (Å²) in [5.74, 6) is 0.0249. The fourth-order valence-corrected chi connectivity index (χ4v) is 2.92. The Morgan fingerprint density at radius 3 is 2.61 bits per heavy atom. The lowest BCUT2D eigenvalue weighted by atomic mass is 10.1. The third-order valence-corrected chi connectivity index (χ3v) is 4.28. The summed E-state index contributed by atoms with van der Waals surface area (Å²) in [7, 11) is 0. The van der Waals surface area contributed by atoms with Crippen LogP contribution in [0.25, 0.3) is 0 Å². The van der Waals surface area contributed by atoms with Crippen molar-refractivity contribution in [1.29, 1.82) is 0 Å². The van der Waals surface area contributed by atoms with Gasteiger partial charge in [0, 0.05) is 57.6 Å². The number of rotatable bonds is 6. The number of halogens is 1. The molecule has 1 aromatic carbocycles. The molecule has 0 saturated carbocycles. The second-order valence-electron chi connectivity index (χ2n) is 5.84. The Morgan fingerprint density at radius 1 is 1.22 bits per heavy atom. The van der Waals surface area contributed by atoms with Crippen molar-refractivity contribution in [2.24, 2.45) is 0 Å². The summed E-state index contributed by atoms with van der Waals surface area (Å²) < 4.78 is 0. The Kier molecular flexibility index (Phi) is 6.86. The summed E-state index contributed by atoms with van der Waals surface area (Å²) in [5.41, 5.74) is 1.24. The smallest absolute Gasteiger partial charge is 0.224 e. The number of piperazine rings is 1. The molecule has 1 aromatic rings. The number of nitrogens with zero attached hydrogens (tertiary/aromatic N) is 2. The van der Waals surface area contributed by atoms with E-state index in [4.69, 9.17) is 11.6 Å². The summed E-state index contributed by atoms with van der Waals surface area (Å²) in [6, 6.07) is 7.96. The van der Waals surface area contributed by atoms with E-state index in [1.54, 1.807) is 0 Å². The Hall–Kier alpha value is -1.59. The molecule has 0 atom stereocenters. The van der Waals surface area contributed by atoms with Gasteiger partial charge in [-0.2, -0.15) is 0 Å². The maximum absolute atomic E-state index is 12.0. The highest BCUT2D eigenvalue weighted by Crippen LogP contribution is 2.12.